The lowest BCUT2D eigenvalue weighted by Gasteiger charge is -2.41. The van der Waals surface area contributed by atoms with E-state index in [0.29, 0.717) is 45.6 Å². The highest BCUT2D eigenvalue weighted by molar-refractivity contribution is 5.91. The Morgan fingerprint density at radius 1 is 1.60 bits per heavy atom. The van der Waals surface area contributed by atoms with Crippen molar-refractivity contribution < 1.29 is 14.3 Å². The molecule has 5 heteroatoms. The Morgan fingerprint density at radius 3 is 2.60 bits per heavy atom. The highest BCUT2D eigenvalue weighted by Gasteiger charge is 2.46. The van der Waals surface area contributed by atoms with Gasteiger partial charge in [0.1, 0.15) is 0 Å². The van der Waals surface area contributed by atoms with Gasteiger partial charge < -0.3 is 10.5 Å². The van der Waals surface area contributed by atoms with Gasteiger partial charge in [-0.15, -0.1) is 0 Å². The van der Waals surface area contributed by atoms with E-state index in [2.05, 4.69) is 0 Å². The Hall–Kier alpha value is -0.940. The van der Waals surface area contributed by atoms with Gasteiger partial charge in [0, 0.05) is 6.54 Å². The van der Waals surface area contributed by atoms with Gasteiger partial charge in [-0.05, 0) is 19.4 Å². The van der Waals surface area contributed by atoms with Crippen LogP contribution in [-0.2, 0) is 14.3 Å². The molecular formula is C10H18N2O3. The van der Waals surface area contributed by atoms with Crippen molar-refractivity contribution in [2.75, 3.05) is 26.3 Å². The van der Waals surface area contributed by atoms with Gasteiger partial charge in [-0.2, -0.15) is 0 Å². The van der Waals surface area contributed by atoms with E-state index >= 15 is 0 Å². The minimum absolute atomic E-state index is 0.125. The summed E-state index contributed by atoms with van der Waals surface area (Å²) >= 11 is 0. The van der Waals surface area contributed by atoms with Gasteiger partial charge in [-0.1, -0.05) is 6.92 Å². The summed E-state index contributed by atoms with van der Waals surface area (Å²) in [4.78, 5) is 24.0. The second-order valence-electron chi connectivity index (χ2n) is 3.87. The molecule has 2 N–H and O–H groups in total. The van der Waals surface area contributed by atoms with Crippen LogP contribution in [0.5, 0.6) is 0 Å². The lowest BCUT2D eigenvalue weighted by atomic mass is 9.81. The van der Waals surface area contributed by atoms with Crippen molar-refractivity contribution in [1.82, 2.24) is 4.90 Å². The van der Waals surface area contributed by atoms with Crippen molar-refractivity contribution in [1.29, 1.82) is 0 Å². The van der Waals surface area contributed by atoms with Crippen LogP contribution in [0.25, 0.3) is 0 Å². The van der Waals surface area contributed by atoms with E-state index in [-0.39, 0.29) is 5.91 Å². The summed E-state index contributed by atoms with van der Waals surface area (Å²) < 4.78 is 5.06. The van der Waals surface area contributed by atoms with Gasteiger partial charge >= 0.3 is 0 Å². The summed E-state index contributed by atoms with van der Waals surface area (Å²) in [5.41, 5.74) is 4.88. The monoisotopic (exact) mass is 214 g/mol. The molecule has 0 aromatic heterocycles. The van der Waals surface area contributed by atoms with Crippen LogP contribution in [0.3, 0.4) is 0 Å². The van der Waals surface area contributed by atoms with E-state index in [1.165, 1.54) is 4.90 Å². The van der Waals surface area contributed by atoms with Crippen molar-refractivity contribution in [2.45, 2.75) is 19.8 Å². The number of nitrogens with two attached hydrogens (primary N) is 1. The smallest absolute Gasteiger partial charge is 0.239 e. The fourth-order valence-corrected chi connectivity index (χ4v) is 1.60. The first-order valence-electron chi connectivity index (χ1n) is 5.24. The second kappa shape index (κ2) is 5.23. The van der Waals surface area contributed by atoms with Crippen molar-refractivity contribution in [2.24, 2.45) is 11.1 Å². The molecule has 0 aromatic rings. The molecule has 15 heavy (non-hydrogen) atoms. The molecule has 86 valence electrons. The number of amides is 2. The highest BCUT2D eigenvalue weighted by atomic mass is 16.5. The topological polar surface area (TPSA) is 72.6 Å². The fraction of sp³-hybridized carbons (Fsp3) is 0.800. The molecule has 1 fully saturated rings. The molecule has 0 spiro atoms. The molecule has 1 saturated heterocycles. The van der Waals surface area contributed by atoms with Crippen molar-refractivity contribution in [3.05, 3.63) is 0 Å². The minimum Gasteiger partial charge on any atom is -0.379 e. The van der Waals surface area contributed by atoms with E-state index in [9.17, 15) is 9.59 Å². The molecule has 0 unspecified atom stereocenters. The summed E-state index contributed by atoms with van der Waals surface area (Å²) in [6, 6.07) is 0. The number of nitrogens with zero attached hydrogens (tertiary/aromatic N) is 1. The van der Waals surface area contributed by atoms with Crippen LogP contribution in [0.4, 0.5) is 0 Å². The average molecular weight is 214 g/mol. The van der Waals surface area contributed by atoms with Gasteiger partial charge in [0.15, 0.2) is 0 Å². The first-order valence-corrected chi connectivity index (χ1v) is 5.24. The molecule has 0 atom stereocenters. The van der Waals surface area contributed by atoms with Crippen LogP contribution >= 0.6 is 0 Å². The predicted molar refractivity (Wildman–Crippen MR) is 55.0 cm³/mol. The number of carbonyl (C=O) groups is 2. The first kappa shape index (κ1) is 12.1. The molecule has 0 radical (unpaired) electrons. The SMILES string of the molecule is CCC1(C(=O)N(C=O)CCCN)COC1. The normalized spacial score (nSPS) is 18.0. The predicted octanol–water partition coefficient (Wildman–Crippen LogP) is -0.253. The molecule has 0 bridgehead atoms. The van der Waals surface area contributed by atoms with Crippen LogP contribution in [0.1, 0.15) is 19.8 Å². The van der Waals surface area contributed by atoms with Crippen molar-refractivity contribution >= 4 is 12.3 Å². The number of ether oxygens (including phenoxy) is 1. The van der Waals surface area contributed by atoms with Gasteiger partial charge in [0.25, 0.3) is 0 Å². The van der Waals surface area contributed by atoms with Crippen LogP contribution in [0.2, 0.25) is 0 Å². The molecule has 2 amide bonds. The zero-order valence-electron chi connectivity index (χ0n) is 9.07. The maximum atomic E-state index is 12.0. The Bertz CT molecular complexity index is 233. The van der Waals surface area contributed by atoms with E-state index in [1.807, 2.05) is 6.92 Å². The fourth-order valence-electron chi connectivity index (χ4n) is 1.60. The summed E-state index contributed by atoms with van der Waals surface area (Å²) in [7, 11) is 0. The maximum absolute atomic E-state index is 12.0. The third-order valence-corrected chi connectivity index (χ3v) is 2.88. The first-order chi connectivity index (χ1) is 7.20. The number of imide groups is 1. The largest absolute Gasteiger partial charge is 0.379 e. The maximum Gasteiger partial charge on any atom is 0.239 e. The summed E-state index contributed by atoms with van der Waals surface area (Å²) in [6.07, 6.45) is 1.94. The van der Waals surface area contributed by atoms with E-state index in [1.54, 1.807) is 0 Å². The lowest BCUT2D eigenvalue weighted by Crippen LogP contribution is -2.54. The minimum atomic E-state index is -0.463. The number of hydrogen-bond acceptors (Lipinski definition) is 4. The lowest BCUT2D eigenvalue weighted by molar-refractivity contribution is -0.173. The van der Waals surface area contributed by atoms with Crippen LogP contribution in [0, 0.1) is 5.41 Å². The van der Waals surface area contributed by atoms with E-state index in [4.69, 9.17) is 10.5 Å². The molecule has 5 nitrogen and oxygen atoms in total. The van der Waals surface area contributed by atoms with Gasteiger partial charge in [-0.25, -0.2) is 0 Å². The van der Waals surface area contributed by atoms with Crippen molar-refractivity contribution in [3.8, 4) is 0 Å². The molecule has 1 aliphatic heterocycles. The second-order valence-corrected chi connectivity index (χ2v) is 3.87. The Labute approximate surface area is 89.6 Å². The highest BCUT2D eigenvalue weighted by Crippen LogP contribution is 2.33. The number of hydrogen-bond donors (Lipinski definition) is 1. The molecular weight excluding hydrogens is 196 g/mol. The van der Waals surface area contributed by atoms with Crippen LogP contribution in [-0.4, -0.2) is 43.5 Å². The molecule has 0 saturated carbocycles. The summed E-state index contributed by atoms with van der Waals surface area (Å²) in [5.74, 6) is -0.125. The standard InChI is InChI=1S/C10H18N2O3/c1-2-10(6-15-7-10)9(14)12(8-13)5-3-4-11/h8H,2-7,11H2,1H3. The van der Waals surface area contributed by atoms with Gasteiger partial charge in [-0.3, -0.25) is 14.5 Å². The molecule has 1 aliphatic rings. The van der Waals surface area contributed by atoms with Gasteiger partial charge in [0.2, 0.25) is 12.3 Å². The summed E-state index contributed by atoms with van der Waals surface area (Å²) in [5, 5.41) is 0. The number of carbonyl (C=O) groups excluding carboxylic acids is 2. The molecule has 0 aromatic carbocycles. The van der Waals surface area contributed by atoms with E-state index in [0.717, 1.165) is 0 Å². The van der Waals surface area contributed by atoms with Crippen molar-refractivity contribution in [3.63, 3.8) is 0 Å². The molecule has 1 heterocycles. The van der Waals surface area contributed by atoms with E-state index < -0.39 is 5.41 Å². The Morgan fingerprint density at radius 2 is 2.27 bits per heavy atom. The molecule has 1 rings (SSSR count). The quantitative estimate of drug-likeness (QED) is 0.619. The van der Waals surface area contributed by atoms with Crippen LogP contribution in [0.15, 0.2) is 0 Å². The Kier molecular flexibility index (Phi) is 4.23. The molecule has 0 aliphatic carbocycles. The Balaban J connectivity index is 2.59. The zero-order chi connectivity index (χ0) is 11.3. The zero-order valence-corrected chi connectivity index (χ0v) is 9.07. The summed E-state index contributed by atoms with van der Waals surface area (Å²) in [6.45, 7) is 3.67. The average Bonchev–Trinajstić information content (AvgIpc) is 2.18. The number of rotatable bonds is 6. The van der Waals surface area contributed by atoms with Gasteiger partial charge in [0.05, 0.1) is 18.6 Å². The van der Waals surface area contributed by atoms with Crippen LogP contribution < -0.4 is 5.73 Å². The third-order valence-electron chi connectivity index (χ3n) is 2.88. The third kappa shape index (κ3) is 2.35.